The summed E-state index contributed by atoms with van der Waals surface area (Å²) in [5, 5.41) is 21.3. The van der Waals surface area contributed by atoms with Gasteiger partial charge in [0.05, 0.1) is 23.8 Å². The lowest BCUT2D eigenvalue weighted by Gasteiger charge is -2.10. The summed E-state index contributed by atoms with van der Waals surface area (Å²) in [5.74, 6) is -0.224. The molecule has 0 bridgehead atoms. The summed E-state index contributed by atoms with van der Waals surface area (Å²) in [5.41, 5.74) is 2.39. The van der Waals surface area contributed by atoms with Crippen molar-refractivity contribution in [1.29, 1.82) is 5.41 Å². The van der Waals surface area contributed by atoms with E-state index in [0.29, 0.717) is 0 Å². The van der Waals surface area contributed by atoms with Crippen molar-refractivity contribution in [1.82, 2.24) is 5.43 Å². The Morgan fingerprint density at radius 1 is 1.57 bits per heavy atom. The van der Waals surface area contributed by atoms with Gasteiger partial charge in [0.15, 0.2) is 11.5 Å². The normalized spacial score (nSPS) is 10.6. The van der Waals surface area contributed by atoms with Gasteiger partial charge in [-0.05, 0) is 26.0 Å². The number of nitrogens with one attached hydrogen (secondary N) is 2. The second-order valence-electron chi connectivity index (χ2n) is 4.31. The van der Waals surface area contributed by atoms with Gasteiger partial charge in [0.2, 0.25) is 0 Å². The van der Waals surface area contributed by atoms with Gasteiger partial charge < -0.3 is 15.6 Å². The molecule has 21 heavy (non-hydrogen) atoms. The monoisotopic (exact) mass is 292 g/mol. The largest absolute Gasteiger partial charge is 0.484 e. The van der Waals surface area contributed by atoms with E-state index in [1.165, 1.54) is 24.4 Å². The number of carbonyl (C=O) groups excluding carboxylic acids is 1. The van der Waals surface area contributed by atoms with Gasteiger partial charge in [0, 0.05) is 17.8 Å². The van der Waals surface area contributed by atoms with Crippen LogP contribution in [0.15, 0.2) is 23.3 Å². The lowest BCUT2D eigenvalue weighted by molar-refractivity contribution is -0.386. The highest BCUT2D eigenvalue weighted by molar-refractivity contribution is 6.14. The van der Waals surface area contributed by atoms with Crippen molar-refractivity contribution in [3.63, 3.8) is 0 Å². The van der Waals surface area contributed by atoms with Crippen LogP contribution in [0.1, 0.15) is 24.2 Å². The maximum Gasteiger partial charge on any atom is 0.311 e. The van der Waals surface area contributed by atoms with Gasteiger partial charge in [-0.15, -0.1) is 0 Å². The number of ketones is 1. The minimum atomic E-state index is -0.588. The van der Waals surface area contributed by atoms with Crippen LogP contribution in [0, 0.1) is 15.5 Å². The molecular weight excluding hydrogens is 276 g/mol. The number of hydrazone groups is 1. The lowest BCUT2D eigenvalue weighted by atomic mass is 10.1. The third-order valence-electron chi connectivity index (χ3n) is 2.32. The van der Waals surface area contributed by atoms with E-state index >= 15 is 0 Å². The minimum absolute atomic E-state index is 0.119. The zero-order valence-electron chi connectivity index (χ0n) is 11.7. The molecule has 0 fully saturated rings. The topological polar surface area (TPSA) is 118 Å². The summed E-state index contributed by atoms with van der Waals surface area (Å²) in [6.07, 6.45) is 1.93. The summed E-state index contributed by atoms with van der Waals surface area (Å²) in [6.45, 7) is 3.40. The fraction of sp³-hybridized carbons (Fsp3) is 0.308. The summed E-state index contributed by atoms with van der Waals surface area (Å²) in [6, 6.07) is 4.06. The van der Waals surface area contributed by atoms with E-state index in [9.17, 15) is 14.9 Å². The van der Waals surface area contributed by atoms with Gasteiger partial charge in [0.25, 0.3) is 0 Å². The summed E-state index contributed by atoms with van der Waals surface area (Å²) >= 11 is 0. The zero-order valence-corrected chi connectivity index (χ0v) is 11.7. The zero-order chi connectivity index (χ0) is 15.8. The van der Waals surface area contributed by atoms with Crippen molar-refractivity contribution in [3.05, 3.63) is 33.9 Å². The maximum atomic E-state index is 11.9. The van der Waals surface area contributed by atoms with Gasteiger partial charge in [-0.1, -0.05) is 0 Å². The van der Waals surface area contributed by atoms with Crippen LogP contribution in [0.5, 0.6) is 5.75 Å². The van der Waals surface area contributed by atoms with Gasteiger partial charge in [-0.2, -0.15) is 5.10 Å². The van der Waals surface area contributed by atoms with Crippen LogP contribution < -0.4 is 10.2 Å². The molecule has 8 nitrogen and oxygen atoms in total. The second-order valence-corrected chi connectivity index (χ2v) is 4.31. The van der Waals surface area contributed by atoms with E-state index in [4.69, 9.17) is 10.1 Å². The van der Waals surface area contributed by atoms with Crippen molar-refractivity contribution in [2.45, 2.75) is 20.0 Å². The molecule has 112 valence electrons. The number of nitro benzene ring substituents is 1. The molecular formula is C13H16N4O4. The van der Waals surface area contributed by atoms with Crippen molar-refractivity contribution < 1.29 is 14.5 Å². The van der Waals surface area contributed by atoms with E-state index in [2.05, 4.69) is 10.5 Å². The minimum Gasteiger partial charge on any atom is -0.484 e. The highest BCUT2D eigenvalue weighted by Crippen LogP contribution is 2.28. The molecule has 1 aromatic carbocycles. The molecule has 0 spiro atoms. The summed E-state index contributed by atoms with van der Waals surface area (Å²) in [4.78, 5) is 22.3. The standard InChI is InChI=1S/C13H16N4O4/c1-9(2)21-13-4-3-10(7-11(13)17(19)20)12(18)8-16-15-6-5-14/h3-7,9,14,16H,8H2,1-2H3/b14-5?,15-6-. The molecule has 0 amide bonds. The number of benzene rings is 1. The lowest BCUT2D eigenvalue weighted by Crippen LogP contribution is -2.18. The highest BCUT2D eigenvalue weighted by atomic mass is 16.6. The maximum absolute atomic E-state index is 11.9. The molecule has 0 saturated heterocycles. The Hall–Kier alpha value is -2.77. The van der Waals surface area contributed by atoms with Crippen LogP contribution in [-0.2, 0) is 0 Å². The van der Waals surface area contributed by atoms with Gasteiger partial charge in [-0.25, -0.2) is 0 Å². The molecule has 0 radical (unpaired) electrons. The number of nitrogens with zero attached hydrogens (tertiary/aromatic N) is 2. The third-order valence-corrected chi connectivity index (χ3v) is 2.32. The molecule has 0 aliphatic heterocycles. The first-order valence-electron chi connectivity index (χ1n) is 6.19. The molecule has 0 unspecified atom stereocenters. The highest BCUT2D eigenvalue weighted by Gasteiger charge is 2.19. The smallest absolute Gasteiger partial charge is 0.311 e. The van der Waals surface area contributed by atoms with Crippen LogP contribution >= 0.6 is 0 Å². The van der Waals surface area contributed by atoms with E-state index in [1.807, 2.05) is 0 Å². The summed E-state index contributed by atoms with van der Waals surface area (Å²) < 4.78 is 5.34. The van der Waals surface area contributed by atoms with Crippen molar-refractivity contribution in [2.24, 2.45) is 5.10 Å². The average molecular weight is 292 g/mol. The molecule has 0 atom stereocenters. The summed E-state index contributed by atoms with van der Waals surface area (Å²) in [7, 11) is 0. The van der Waals surface area contributed by atoms with Crippen LogP contribution in [0.3, 0.4) is 0 Å². The van der Waals surface area contributed by atoms with Crippen molar-refractivity contribution >= 4 is 23.9 Å². The first kappa shape index (κ1) is 16.3. The quantitative estimate of drug-likeness (QED) is 0.328. The number of ether oxygens (including phenoxy) is 1. The number of carbonyl (C=O) groups is 1. The molecule has 0 aromatic heterocycles. The first-order chi connectivity index (χ1) is 9.95. The van der Waals surface area contributed by atoms with Crippen LogP contribution in [-0.4, -0.2) is 35.8 Å². The Kier molecular flexibility index (Phi) is 5.99. The van der Waals surface area contributed by atoms with Crippen molar-refractivity contribution in [2.75, 3.05) is 6.54 Å². The second kappa shape index (κ2) is 7.73. The van der Waals surface area contributed by atoms with E-state index in [0.717, 1.165) is 6.21 Å². The fourth-order valence-electron chi connectivity index (χ4n) is 1.50. The number of hydrogen-bond acceptors (Lipinski definition) is 7. The van der Waals surface area contributed by atoms with E-state index in [-0.39, 0.29) is 35.4 Å². The van der Waals surface area contributed by atoms with Gasteiger partial charge in [0.1, 0.15) is 0 Å². The number of hydrogen-bond donors (Lipinski definition) is 2. The van der Waals surface area contributed by atoms with E-state index in [1.54, 1.807) is 13.8 Å². The SMILES string of the molecule is CC(C)Oc1ccc(C(=O)CN/N=C\C=N)cc1[N+](=O)[O-]. The number of rotatable bonds is 8. The van der Waals surface area contributed by atoms with Crippen LogP contribution in [0.4, 0.5) is 5.69 Å². The molecule has 0 aliphatic carbocycles. The molecule has 1 rings (SSSR count). The molecule has 0 aliphatic rings. The Labute approximate surface area is 121 Å². The van der Waals surface area contributed by atoms with Crippen molar-refractivity contribution in [3.8, 4) is 5.75 Å². The molecule has 8 heteroatoms. The van der Waals surface area contributed by atoms with Gasteiger partial charge in [-0.3, -0.25) is 14.9 Å². The Morgan fingerprint density at radius 3 is 2.86 bits per heavy atom. The average Bonchev–Trinajstić information content (AvgIpc) is 2.43. The fourth-order valence-corrected chi connectivity index (χ4v) is 1.50. The molecule has 0 saturated carbocycles. The molecule has 1 aromatic rings. The number of Topliss-reactive ketones (excluding diaryl/α,β-unsaturated/α-hetero) is 1. The van der Waals surface area contributed by atoms with E-state index < -0.39 is 4.92 Å². The molecule has 0 heterocycles. The first-order valence-corrected chi connectivity index (χ1v) is 6.19. The Morgan fingerprint density at radius 2 is 2.29 bits per heavy atom. The van der Waals surface area contributed by atoms with Crippen LogP contribution in [0.2, 0.25) is 0 Å². The predicted molar refractivity (Wildman–Crippen MR) is 78.5 cm³/mol. The Balaban J connectivity index is 2.91. The molecule has 2 N–H and O–H groups in total. The van der Waals surface area contributed by atoms with Gasteiger partial charge >= 0.3 is 5.69 Å². The predicted octanol–water partition coefficient (Wildman–Crippen LogP) is 1.79. The van der Waals surface area contributed by atoms with Crippen LogP contribution in [0.25, 0.3) is 0 Å². The Bertz CT molecular complexity index is 569. The number of nitro groups is 1. The third kappa shape index (κ3) is 5.01.